The lowest BCUT2D eigenvalue weighted by molar-refractivity contribution is -0.384. The molecule has 0 bridgehead atoms. The largest absolute Gasteiger partial charge is 0.456 e. The van der Waals surface area contributed by atoms with E-state index in [0.29, 0.717) is 42.9 Å². The molecule has 0 spiro atoms. The zero-order chi connectivity index (χ0) is 34.2. The molecule has 4 heterocycles. The average Bonchev–Trinajstić information content (AvgIpc) is 3.69. The van der Waals surface area contributed by atoms with E-state index in [2.05, 4.69) is 10.3 Å². The minimum Gasteiger partial charge on any atom is -0.456 e. The normalized spacial score (nSPS) is 27.7. The third kappa shape index (κ3) is 7.06. The molecule has 3 fully saturated rings. The molecule has 0 radical (unpaired) electrons. The van der Waals surface area contributed by atoms with Crippen molar-refractivity contribution in [1.82, 2.24) is 20.0 Å². The Bertz CT molecular complexity index is 1500. The van der Waals surface area contributed by atoms with Crippen LogP contribution in [0.5, 0.6) is 0 Å². The maximum Gasteiger partial charge on any atom is 0.356 e. The summed E-state index contributed by atoms with van der Waals surface area (Å²) in [4.78, 5) is 72.4. The zero-order valence-corrected chi connectivity index (χ0v) is 27.2. The monoisotopic (exact) mass is 672 g/mol. The van der Waals surface area contributed by atoms with Gasteiger partial charge in [0, 0.05) is 53.9 Å². The van der Waals surface area contributed by atoms with Crippen LogP contribution in [0.1, 0.15) is 32.3 Å². The molecule has 1 aromatic carbocycles. The first-order valence-corrected chi connectivity index (χ1v) is 16.3. The fourth-order valence-corrected chi connectivity index (χ4v) is 8.43. The number of esters is 1. The minimum atomic E-state index is -0.895. The van der Waals surface area contributed by atoms with E-state index in [4.69, 9.17) is 16.2 Å². The van der Waals surface area contributed by atoms with Crippen molar-refractivity contribution in [1.29, 1.82) is 0 Å². The third-order valence-electron chi connectivity index (χ3n) is 9.18. The number of non-ortho nitro benzene ring substituents is 1. The highest BCUT2D eigenvalue weighted by Gasteiger charge is 2.60. The predicted molar refractivity (Wildman–Crippen MR) is 171 cm³/mol. The van der Waals surface area contributed by atoms with Gasteiger partial charge < -0.3 is 36.4 Å². The Kier molecular flexibility index (Phi) is 10.1. The zero-order valence-electron chi connectivity index (χ0n) is 26.4. The first-order chi connectivity index (χ1) is 22.3. The van der Waals surface area contributed by atoms with E-state index in [9.17, 15) is 34.4 Å². The number of thioether (sulfide) groups is 1. The Morgan fingerprint density at radius 2 is 1.94 bits per heavy atom. The van der Waals surface area contributed by atoms with E-state index in [1.165, 1.54) is 40.9 Å². The van der Waals surface area contributed by atoms with Crippen LogP contribution in [0.3, 0.4) is 0 Å². The van der Waals surface area contributed by atoms with Crippen LogP contribution in [0.4, 0.5) is 5.69 Å². The Labute approximate surface area is 275 Å². The van der Waals surface area contributed by atoms with Crippen LogP contribution >= 0.6 is 11.8 Å². The lowest BCUT2D eigenvalue weighted by Crippen LogP contribution is -2.63. The summed E-state index contributed by atoms with van der Waals surface area (Å²) in [5.41, 5.74) is 11.2. The molecule has 4 aliphatic rings. The van der Waals surface area contributed by atoms with E-state index < -0.39 is 35.0 Å². The number of hydrogen-bond donors (Lipinski definition) is 4. The maximum absolute atomic E-state index is 13.6. The summed E-state index contributed by atoms with van der Waals surface area (Å²) in [6.45, 7) is 4.60. The van der Waals surface area contributed by atoms with Gasteiger partial charge in [-0.15, -0.1) is 11.8 Å². The van der Waals surface area contributed by atoms with Crippen LogP contribution in [0.2, 0.25) is 0 Å². The van der Waals surface area contributed by atoms with Gasteiger partial charge in [0.2, 0.25) is 17.7 Å². The molecule has 17 heteroatoms. The minimum absolute atomic E-state index is 0.0408. The van der Waals surface area contributed by atoms with Crippen molar-refractivity contribution >= 4 is 47.1 Å². The molecule has 7 atom stereocenters. The molecule has 3 saturated heterocycles. The van der Waals surface area contributed by atoms with Gasteiger partial charge in [-0.1, -0.05) is 6.92 Å². The van der Waals surface area contributed by atoms with Gasteiger partial charge in [0.05, 0.1) is 29.0 Å². The Morgan fingerprint density at radius 3 is 2.57 bits per heavy atom. The van der Waals surface area contributed by atoms with Crippen molar-refractivity contribution < 1.29 is 33.9 Å². The number of carbonyl (C=O) groups is 4. The number of nitrogens with zero attached hydrogens (tertiary/aromatic N) is 5. The summed E-state index contributed by atoms with van der Waals surface area (Å²) < 4.78 is 5.61. The first-order valence-electron chi connectivity index (χ1n) is 15.4. The number of ether oxygens (including phenoxy) is 1. The van der Waals surface area contributed by atoms with Gasteiger partial charge in [-0.3, -0.25) is 29.4 Å². The number of aliphatic hydroxyl groups is 1. The predicted octanol–water partition coefficient (Wildman–Crippen LogP) is -0.496. The fourth-order valence-electron chi connectivity index (χ4n) is 6.83. The van der Waals surface area contributed by atoms with Crippen molar-refractivity contribution in [3.8, 4) is 0 Å². The molecule has 254 valence electrons. The Hall–Kier alpha value is -4.22. The van der Waals surface area contributed by atoms with Crippen LogP contribution in [0.25, 0.3) is 0 Å². The van der Waals surface area contributed by atoms with Crippen molar-refractivity contribution in [2.24, 2.45) is 28.3 Å². The number of aliphatic imine (C=N–C) groups is 1. The van der Waals surface area contributed by atoms with Gasteiger partial charge in [0.1, 0.15) is 18.8 Å². The van der Waals surface area contributed by atoms with Gasteiger partial charge in [-0.2, -0.15) is 0 Å². The second kappa shape index (κ2) is 13.9. The second-order valence-corrected chi connectivity index (χ2v) is 13.8. The van der Waals surface area contributed by atoms with Gasteiger partial charge in [-0.05, 0) is 44.5 Å². The molecule has 0 saturated carbocycles. The molecule has 47 heavy (non-hydrogen) atoms. The molecule has 16 nitrogen and oxygen atoms in total. The number of guanidine groups is 1. The quantitative estimate of drug-likeness (QED) is 0.0583. The van der Waals surface area contributed by atoms with Crippen molar-refractivity contribution in [3.63, 3.8) is 0 Å². The van der Waals surface area contributed by atoms with Crippen molar-refractivity contribution in [3.05, 3.63) is 50.5 Å². The number of nitrogens with one attached hydrogen (secondary N) is 1. The van der Waals surface area contributed by atoms with E-state index in [1.807, 2.05) is 18.9 Å². The Balaban J connectivity index is 1.26. The number of β-lactam (4-membered cyclic amide) rings is 1. The molecule has 5 rings (SSSR count). The summed E-state index contributed by atoms with van der Waals surface area (Å²) in [6.07, 6.45) is 0.227. The fraction of sp³-hybridized carbons (Fsp3) is 0.567. The number of benzene rings is 1. The lowest BCUT2D eigenvalue weighted by atomic mass is 9.79. The van der Waals surface area contributed by atoms with Gasteiger partial charge in [0.25, 0.3) is 5.69 Å². The standard InChI is InChI=1S/C30H40N8O8S/c1-15-24-23(16(2)39)28(42)37(24)25(29(43)46-14-17-4-6-19(7-5-17)38(44)45)26(15)47-20-10-21(35(3)13-20)27(41)36-9-8-18(12-36)34-22(40)11-33-30(31)32/h4-7,15-16,18,20-21,23-24,39H,8-14H2,1-3H3,(H,34,40)(H4,31,32,33)/t15-,16-,18+,20+,21+,23-,24-/m1/s1. The van der Waals surface area contributed by atoms with Crippen LogP contribution in [-0.2, 0) is 30.5 Å². The summed E-state index contributed by atoms with van der Waals surface area (Å²) in [7, 11) is 1.87. The van der Waals surface area contributed by atoms with Crippen LogP contribution in [0.15, 0.2) is 39.9 Å². The lowest BCUT2D eigenvalue weighted by Gasteiger charge is -2.46. The number of amides is 3. The molecular weight excluding hydrogens is 632 g/mol. The van der Waals surface area contributed by atoms with Crippen molar-refractivity contribution in [2.75, 3.05) is 33.2 Å². The molecule has 0 aliphatic carbocycles. The summed E-state index contributed by atoms with van der Waals surface area (Å²) in [6, 6.07) is 4.65. The van der Waals surface area contributed by atoms with Crippen molar-refractivity contribution in [2.45, 2.75) is 62.8 Å². The topological polar surface area (TPSA) is 227 Å². The number of likely N-dealkylation sites (tertiary alicyclic amines) is 2. The van der Waals surface area contributed by atoms with Crippen LogP contribution in [-0.4, -0.2) is 117 Å². The number of carbonyl (C=O) groups excluding carboxylic acids is 4. The van der Waals surface area contributed by atoms with Gasteiger partial charge >= 0.3 is 5.97 Å². The number of nitro benzene ring substituents is 1. The van der Waals surface area contributed by atoms with Gasteiger partial charge in [-0.25, -0.2) is 9.79 Å². The summed E-state index contributed by atoms with van der Waals surface area (Å²) in [5, 5.41) is 24.1. The van der Waals surface area contributed by atoms with Crippen LogP contribution < -0.4 is 16.8 Å². The SMILES string of the molecule is C[C@@H](O)[C@H]1C(=O)N2C(C(=O)OCc3ccc([N+](=O)[O-])cc3)=C(S[C@H]3C[C@@H](C(=O)N4CC[C@H](NC(=O)CN=C(N)N)C4)N(C)C3)[C@H](C)[C@H]12. The number of fused-ring (bicyclic) bond motifs is 1. The molecule has 4 aliphatic heterocycles. The second-order valence-electron chi connectivity index (χ2n) is 12.5. The van der Waals surface area contributed by atoms with E-state index >= 15 is 0 Å². The first kappa shape index (κ1) is 34.1. The highest BCUT2D eigenvalue weighted by Crippen LogP contribution is 2.52. The highest BCUT2D eigenvalue weighted by molar-refractivity contribution is 8.03. The van der Waals surface area contributed by atoms with Crippen LogP contribution in [0, 0.1) is 22.0 Å². The number of likely N-dealkylation sites (N-methyl/N-ethyl adjacent to an activating group) is 1. The van der Waals surface area contributed by atoms with Gasteiger partial charge in [0.15, 0.2) is 5.96 Å². The number of aliphatic hydroxyl groups excluding tert-OH is 1. The van der Waals surface area contributed by atoms with E-state index in [0.717, 1.165) is 0 Å². The number of rotatable bonds is 11. The van der Waals surface area contributed by atoms with E-state index in [-0.39, 0.29) is 65.4 Å². The maximum atomic E-state index is 13.6. The molecule has 6 N–H and O–H groups in total. The third-order valence-corrected chi connectivity index (χ3v) is 10.7. The number of hydrogen-bond acceptors (Lipinski definition) is 11. The Morgan fingerprint density at radius 1 is 1.23 bits per heavy atom. The highest BCUT2D eigenvalue weighted by atomic mass is 32.2. The smallest absolute Gasteiger partial charge is 0.356 e. The number of nitrogens with two attached hydrogens (primary N) is 2. The molecule has 3 amide bonds. The molecule has 1 aromatic rings. The number of nitro groups is 1. The average molecular weight is 673 g/mol. The summed E-state index contributed by atoms with van der Waals surface area (Å²) in [5.74, 6) is -2.48. The summed E-state index contributed by atoms with van der Waals surface area (Å²) >= 11 is 1.46. The van der Waals surface area contributed by atoms with E-state index in [1.54, 1.807) is 11.8 Å². The molecule has 0 unspecified atom stereocenters. The molecular formula is C30H40N8O8S. The molecule has 0 aromatic heterocycles.